The lowest BCUT2D eigenvalue weighted by Gasteiger charge is -2.42. The lowest BCUT2D eigenvalue weighted by Crippen LogP contribution is -2.40. The zero-order valence-corrected chi connectivity index (χ0v) is 8.70. The van der Waals surface area contributed by atoms with Gasteiger partial charge < -0.3 is 5.32 Å². The highest BCUT2D eigenvalue weighted by Gasteiger charge is 2.35. The van der Waals surface area contributed by atoms with Gasteiger partial charge in [0.1, 0.15) is 0 Å². The third kappa shape index (κ3) is 1.64. The topological polar surface area (TPSA) is 12.0 Å². The molecule has 0 bridgehead atoms. The normalized spacial score (nSPS) is 32.2. The summed E-state index contributed by atoms with van der Waals surface area (Å²) in [7, 11) is 2.09. The van der Waals surface area contributed by atoms with E-state index in [-0.39, 0.29) is 0 Å². The van der Waals surface area contributed by atoms with Gasteiger partial charge in [-0.3, -0.25) is 0 Å². The molecule has 1 saturated heterocycles. The molecule has 0 radical (unpaired) electrons. The van der Waals surface area contributed by atoms with E-state index >= 15 is 0 Å². The summed E-state index contributed by atoms with van der Waals surface area (Å²) in [6.45, 7) is 1.25. The summed E-state index contributed by atoms with van der Waals surface area (Å²) < 4.78 is 0. The van der Waals surface area contributed by atoms with E-state index in [0.29, 0.717) is 0 Å². The molecular formula is C10H19NS. The summed E-state index contributed by atoms with van der Waals surface area (Å²) in [5.41, 5.74) is 0. The third-order valence-electron chi connectivity index (χ3n) is 3.41. The molecule has 1 aliphatic heterocycles. The molecule has 0 aromatic rings. The van der Waals surface area contributed by atoms with Crippen LogP contribution < -0.4 is 5.32 Å². The van der Waals surface area contributed by atoms with Crippen molar-refractivity contribution in [3.05, 3.63) is 0 Å². The zero-order chi connectivity index (χ0) is 8.39. The molecule has 2 atom stereocenters. The van der Waals surface area contributed by atoms with E-state index in [1.54, 1.807) is 0 Å². The fourth-order valence-corrected chi connectivity index (χ4v) is 3.37. The van der Waals surface area contributed by atoms with Gasteiger partial charge in [-0.25, -0.2) is 0 Å². The second-order valence-electron chi connectivity index (χ2n) is 4.11. The first-order valence-electron chi connectivity index (χ1n) is 5.18. The van der Waals surface area contributed by atoms with Crippen LogP contribution in [0.15, 0.2) is 0 Å². The molecule has 2 unspecified atom stereocenters. The van der Waals surface area contributed by atoms with Crippen LogP contribution in [0.5, 0.6) is 0 Å². The van der Waals surface area contributed by atoms with E-state index < -0.39 is 0 Å². The molecule has 0 aromatic heterocycles. The average Bonchev–Trinajstić information content (AvgIpc) is 1.79. The second kappa shape index (κ2) is 4.01. The maximum atomic E-state index is 3.35. The standard InChI is InChI=1S/C10H19NS/c1-11-7-9(8-3-2-4-8)10-5-6-12-10/h8-11H,2-7H2,1H3. The minimum atomic E-state index is 0.988. The molecule has 2 aliphatic rings. The monoisotopic (exact) mass is 185 g/mol. The predicted molar refractivity (Wildman–Crippen MR) is 55.6 cm³/mol. The van der Waals surface area contributed by atoms with Gasteiger partial charge in [-0.1, -0.05) is 19.3 Å². The Morgan fingerprint density at radius 3 is 2.50 bits per heavy atom. The van der Waals surface area contributed by atoms with Crippen LogP contribution in [-0.4, -0.2) is 24.6 Å². The highest BCUT2D eigenvalue weighted by Crippen LogP contribution is 2.43. The largest absolute Gasteiger partial charge is 0.319 e. The summed E-state index contributed by atoms with van der Waals surface area (Å²) in [4.78, 5) is 0. The van der Waals surface area contributed by atoms with Gasteiger partial charge in [0.2, 0.25) is 0 Å². The fourth-order valence-electron chi connectivity index (χ4n) is 2.30. The number of rotatable bonds is 4. The molecule has 70 valence electrons. The van der Waals surface area contributed by atoms with Gasteiger partial charge in [0.05, 0.1) is 0 Å². The first-order chi connectivity index (χ1) is 5.92. The summed E-state index contributed by atoms with van der Waals surface area (Å²) in [6.07, 6.45) is 5.97. The molecule has 1 nitrogen and oxygen atoms in total. The minimum absolute atomic E-state index is 0.988. The Morgan fingerprint density at radius 2 is 2.17 bits per heavy atom. The van der Waals surface area contributed by atoms with Gasteiger partial charge in [0.25, 0.3) is 0 Å². The molecule has 2 fully saturated rings. The van der Waals surface area contributed by atoms with Gasteiger partial charge in [-0.05, 0) is 37.6 Å². The maximum Gasteiger partial charge on any atom is 0.00979 e. The number of hydrogen-bond donors (Lipinski definition) is 1. The van der Waals surface area contributed by atoms with Crippen molar-refractivity contribution >= 4 is 11.8 Å². The van der Waals surface area contributed by atoms with Crippen LogP contribution >= 0.6 is 11.8 Å². The van der Waals surface area contributed by atoms with Crippen molar-refractivity contribution in [3.8, 4) is 0 Å². The maximum absolute atomic E-state index is 3.35. The molecule has 1 N–H and O–H groups in total. The van der Waals surface area contributed by atoms with Crippen LogP contribution in [0.25, 0.3) is 0 Å². The van der Waals surface area contributed by atoms with Crippen molar-refractivity contribution in [2.45, 2.75) is 30.9 Å². The van der Waals surface area contributed by atoms with Crippen LogP contribution in [0.1, 0.15) is 25.7 Å². The van der Waals surface area contributed by atoms with Gasteiger partial charge in [0.15, 0.2) is 0 Å². The average molecular weight is 185 g/mol. The Kier molecular flexibility index (Phi) is 2.97. The van der Waals surface area contributed by atoms with E-state index in [0.717, 1.165) is 17.1 Å². The molecule has 0 amide bonds. The molecule has 12 heavy (non-hydrogen) atoms. The number of nitrogens with one attached hydrogen (secondary N) is 1. The van der Waals surface area contributed by atoms with Gasteiger partial charge >= 0.3 is 0 Å². The third-order valence-corrected chi connectivity index (χ3v) is 4.89. The lowest BCUT2D eigenvalue weighted by molar-refractivity contribution is 0.194. The van der Waals surface area contributed by atoms with Crippen molar-refractivity contribution in [1.29, 1.82) is 0 Å². The van der Waals surface area contributed by atoms with Crippen LogP contribution in [-0.2, 0) is 0 Å². The first-order valence-corrected chi connectivity index (χ1v) is 6.23. The summed E-state index contributed by atoms with van der Waals surface area (Å²) in [5, 5.41) is 4.36. The minimum Gasteiger partial charge on any atom is -0.319 e. The Hall–Kier alpha value is 0.310. The van der Waals surface area contributed by atoms with E-state index in [2.05, 4.69) is 24.1 Å². The first kappa shape index (κ1) is 8.89. The smallest absolute Gasteiger partial charge is 0.00979 e. The second-order valence-corrected chi connectivity index (χ2v) is 5.46. The van der Waals surface area contributed by atoms with Crippen molar-refractivity contribution < 1.29 is 0 Å². The van der Waals surface area contributed by atoms with Crippen molar-refractivity contribution in [3.63, 3.8) is 0 Å². The van der Waals surface area contributed by atoms with Crippen LogP contribution in [0.4, 0.5) is 0 Å². The predicted octanol–water partition coefficient (Wildman–Crippen LogP) is 2.13. The Bertz CT molecular complexity index is 127. The van der Waals surface area contributed by atoms with Crippen LogP contribution in [0, 0.1) is 11.8 Å². The quantitative estimate of drug-likeness (QED) is 0.720. The number of thioether (sulfide) groups is 1. The Labute approximate surface area is 79.7 Å². The van der Waals surface area contributed by atoms with E-state index in [1.165, 1.54) is 38.0 Å². The Balaban J connectivity index is 1.82. The lowest BCUT2D eigenvalue weighted by atomic mass is 9.74. The molecule has 1 heterocycles. The molecule has 1 aliphatic carbocycles. The highest BCUT2D eigenvalue weighted by atomic mass is 32.2. The highest BCUT2D eigenvalue weighted by molar-refractivity contribution is 8.01. The van der Waals surface area contributed by atoms with Crippen LogP contribution in [0.3, 0.4) is 0 Å². The molecule has 2 heteroatoms. The van der Waals surface area contributed by atoms with Crippen molar-refractivity contribution in [2.75, 3.05) is 19.3 Å². The Morgan fingerprint density at radius 1 is 1.42 bits per heavy atom. The molecule has 1 saturated carbocycles. The number of hydrogen-bond acceptors (Lipinski definition) is 2. The summed E-state index contributed by atoms with van der Waals surface area (Å²) >= 11 is 2.19. The zero-order valence-electron chi connectivity index (χ0n) is 7.88. The molecule has 0 spiro atoms. The van der Waals surface area contributed by atoms with Crippen molar-refractivity contribution in [1.82, 2.24) is 5.32 Å². The summed E-state index contributed by atoms with van der Waals surface area (Å²) in [6, 6.07) is 0. The van der Waals surface area contributed by atoms with Gasteiger partial charge in [0, 0.05) is 5.25 Å². The van der Waals surface area contributed by atoms with Crippen LogP contribution in [0.2, 0.25) is 0 Å². The van der Waals surface area contributed by atoms with E-state index in [9.17, 15) is 0 Å². The molecular weight excluding hydrogens is 166 g/mol. The van der Waals surface area contributed by atoms with Gasteiger partial charge in [-0.2, -0.15) is 11.8 Å². The molecule has 0 aromatic carbocycles. The summed E-state index contributed by atoms with van der Waals surface area (Å²) in [5.74, 6) is 3.47. The van der Waals surface area contributed by atoms with Crippen molar-refractivity contribution in [2.24, 2.45) is 11.8 Å². The fraction of sp³-hybridized carbons (Fsp3) is 1.00. The van der Waals surface area contributed by atoms with E-state index in [1.807, 2.05) is 0 Å². The SMILES string of the molecule is CNCC(C1CCC1)C1CCS1. The van der Waals surface area contributed by atoms with Gasteiger partial charge in [-0.15, -0.1) is 0 Å². The molecule has 2 rings (SSSR count). The van der Waals surface area contributed by atoms with E-state index in [4.69, 9.17) is 0 Å².